The molecule has 2 rings (SSSR count). The van der Waals surface area contributed by atoms with E-state index in [1.54, 1.807) is 0 Å². The first kappa shape index (κ1) is 12.5. The molecule has 0 saturated carbocycles. The summed E-state index contributed by atoms with van der Waals surface area (Å²) >= 11 is 0. The fraction of sp³-hybridized carbons (Fsp3) is 0.250. The molecular formula is C16H18O2. The highest BCUT2D eigenvalue weighted by Gasteiger charge is 2.07. The van der Waals surface area contributed by atoms with Crippen molar-refractivity contribution in [3.8, 4) is 17.2 Å². The molecule has 0 fully saturated rings. The zero-order valence-electron chi connectivity index (χ0n) is 11.2. The fourth-order valence-electron chi connectivity index (χ4n) is 1.94. The molecule has 0 bridgehead atoms. The van der Waals surface area contributed by atoms with Crippen molar-refractivity contribution in [1.82, 2.24) is 0 Å². The molecule has 0 aliphatic carbocycles. The molecule has 0 amide bonds. The van der Waals surface area contributed by atoms with Crippen molar-refractivity contribution in [3.63, 3.8) is 0 Å². The molecule has 18 heavy (non-hydrogen) atoms. The van der Waals surface area contributed by atoms with Gasteiger partial charge in [-0.05, 0) is 68.1 Å². The lowest BCUT2D eigenvalue weighted by Crippen LogP contribution is -1.91. The van der Waals surface area contributed by atoms with Crippen LogP contribution < -0.4 is 4.74 Å². The van der Waals surface area contributed by atoms with Crippen molar-refractivity contribution in [2.45, 2.75) is 27.7 Å². The zero-order valence-corrected chi connectivity index (χ0v) is 11.2. The van der Waals surface area contributed by atoms with Crippen molar-refractivity contribution in [1.29, 1.82) is 0 Å². The first-order valence-corrected chi connectivity index (χ1v) is 6.03. The number of benzene rings is 2. The maximum Gasteiger partial charge on any atom is 0.130 e. The molecule has 0 saturated heterocycles. The van der Waals surface area contributed by atoms with Crippen LogP contribution in [0.25, 0.3) is 0 Å². The molecule has 0 aliphatic rings. The van der Waals surface area contributed by atoms with Gasteiger partial charge in [0.1, 0.15) is 17.2 Å². The molecular weight excluding hydrogens is 224 g/mol. The first-order chi connectivity index (χ1) is 8.49. The summed E-state index contributed by atoms with van der Waals surface area (Å²) in [5.41, 5.74) is 4.01. The maximum atomic E-state index is 9.74. The van der Waals surface area contributed by atoms with Gasteiger partial charge < -0.3 is 9.84 Å². The minimum absolute atomic E-state index is 0.336. The summed E-state index contributed by atoms with van der Waals surface area (Å²) in [6.07, 6.45) is 0. The molecule has 0 aliphatic heterocycles. The Bertz CT molecular complexity index is 563. The molecule has 0 radical (unpaired) electrons. The van der Waals surface area contributed by atoms with Crippen LogP contribution in [-0.2, 0) is 0 Å². The van der Waals surface area contributed by atoms with Gasteiger partial charge in [-0.3, -0.25) is 0 Å². The quantitative estimate of drug-likeness (QED) is 0.844. The van der Waals surface area contributed by atoms with E-state index in [9.17, 15) is 5.11 Å². The van der Waals surface area contributed by atoms with Gasteiger partial charge in [0.05, 0.1) is 0 Å². The molecule has 2 aromatic rings. The molecule has 2 nitrogen and oxygen atoms in total. The van der Waals surface area contributed by atoms with E-state index >= 15 is 0 Å². The lowest BCUT2D eigenvalue weighted by molar-refractivity contribution is 0.455. The van der Waals surface area contributed by atoms with Crippen LogP contribution in [0.1, 0.15) is 22.3 Å². The van der Waals surface area contributed by atoms with Crippen molar-refractivity contribution in [2.24, 2.45) is 0 Å². The maximum absolute atomic E-state index is 9.74. The Morgan fingerprint density at radius 1 is 0.889 bits per heavy atom. The average Bonchev–Trinajstić information content (AvgIpc) is 2.32. The van der Waals surface area contributed by atoms with Crippen LogP contribution in [-0.4, -0.2) is 5.11 Å². The summed E-state index contributed by atoms with van der Waals surface area (Å²) < 4.78 is 5.90. The Labute approximate surface area is 108 Å². The fourth-order valence-corrected chi connectivity index (χ4v) is 1.94. The van der Waals surface area contributed by atoms with E-state index in [2.05, 4.69) is 13.0 Å². The van der Waals surface area contributed by atoms with E-state index in [1.165, 1.54) is 5.56 Å². The molecule has 0 spiro atoms. The molecule has 0 atom stereocenters. The van der Waals surface area contributed by atoms with E-state index < -0.39 is 0 Å². The van der Waals surface area contributed by atoms with Gasteiger partial charge in [-0.1, -0.05) is 12.1 Å². The van der Waals surface area contributed by atoms with Crippen molar-refractivity contribution < 1.29 is 9.84 Å². The normalized spacial score (nSPS) is 10.4. The van der Waals surface area contributed by atoms with Gasteiger partial charge in [0.15, 0.2) is 0 Å². The number of phenols is 1. The van der Waals surface area contributed by atoms with E-state index in [1.807, 2.05) is 45.0 Å². The summed E-state index contributed by atoms with van der Waals surface area (Å²) in [6.45, 7) is 7.86. The summed E-state index contributed by atoms with van der Waals surface area (Å²) in [5.74, 6) is 1.96. The number of ether oxygens (including phenoxy) is 1. The first-order valence-electron chi connectivity index (χ1n) is 6.03. The minimum atomic E-state index is 0.336. The van der Waals surface area contributed by atoms with E-state index in [-0.39, 0.29) is 0 Å². The molecule has 94 valence electrons. The second-order valence-corrected chi connectivity index (χ2v) is 4.71. The predicted octanol–water partition coefficient (Wildman–Crippen LogP) is 4.42. The number of rotatable bonds is 2. The average molecular weight is 242 g/mol. The highest BCUT2D eigenvalue weighted by molar-refractivity contribution is 5.47. The summed E-state index contributed by atoms with van der Waals surface area (Å²) in [4.78, 5) is 0. The van der Waals surface area contributed by atoms with Crippen molar-refractivity contribution in [3.05, 3.63) is 52.6 Å². The van der Waals surface area contributed by atoms with Crippen LogP contribution in [0.2, 0.25) is 0 Å². The second kappa shape index (κ2) is 4.73. The Kier molecular flexibility index (Phi) is 3.28. The molecule has 0 unspecified atom stereocenters. The van der Waals surface area contributed by atoms with Gasteiger partial charge in [0, 0.05) is 0 Å². The third-order valence-corrected chi connectivity index (χ3v) is 3.25. The zero-order chi connectivity index (χ0) is 13.3. The Morgan fingerprint density at radius 2 is 1.50 bits per heavy atom. The highest BCUT2D eigenvalue weighted by atomic mass is 16.5. The Morgan fingerprint density at radius 3 is 2.11 bits per heavy atom. The standard InChI is InChI=1S/C16H18O2/c1-10-6-5-7-15(13(10)4)18-14-8-11(2)16(17)12(3)9-14/h5-9,17H,1-4H3. The van der Waals surface area contributed by atoms with Crippen LogP contribution in [0, 0.1) is 27.7 Å². The lowest BCUT2D eigenvalue weighted by Gasteiger charge is -2.12. The number of phenolic OH excluding ortho intramolecular Hbond substituents is 1. The van der Waals surface area contributed by atoms with E-state index in [4.69, 9.17) is 4.74 Å². The van der Waals surface area contributed by atoms with E-state index in [0.29, 0.717) is 5.75 Å². The number of hydrogen-bond donors (Lipinski definition) is 1. The number of hydrogen-bond acceptors (Lipinski definition) is 2. The van der Waals surface area contributed by atoms with Crippen LogP contribution in [0.4, 0.5) is 0 Å². The van der Waals surface area contributed by atoms with Crippen LogP contribution in [0.15, 0.2) is 30.3 Å². The summed E-state index contributed by atoms with van der Waals surface area (Å²) in [5, 5.41) is 9.74. The second-order valence-electron chi connectivity index (χ2n) is 4.71. The van der Waals surface area contributed by atoms with Gasteiger partial charge in [-0.15, -0.1) is 0 Å². The van der Waals surface area contributed by atoms with Gasteiger partial charge in [-0.25, -0.2) is 0 Å². The summed E-state index contributed by atoms with van der Waals surface area (Å²) in [7, 11) is 0. The van der Waals surface area contributed by atoms with E-state index in [0.717, 1.165) is 28.2 Å². The lowest BCUT2D eigenvalue weighted by atomic mass is 10.1. The molecule has 0 heterocycles. The smallest absolute Gasteiger partial charge is 0.130 e. The molecule has 2 aromatic carbocycles. The molecule has 0 aromatic heterocycles. The van der Waals surface area contributed by atoms with Crippen molar-refractivity contribution >= 4 is 0 Å². The SMILES string of the molecule is Cc1cccc(Oc2cc(C)c(O)c(C)c2)c1C. The number of aryl methyl sites for hydroxylation is 3. The van der Waals surface area contributed by atoms with Gasteiger partial charge in [-0.2, -0.15) is 0 Å². The molecule has 1 N–H and O–H groups in total. The topological polar surface area (TPSA) is 29.5 Å². The highest BCUT2D eigenvalue weighted by Crippen LogP contribution is 2.31. The van der Waals surface area contributed by atoms with Crippen LogP contribution in [0.5, 0.6) is 17.2 Å². The third-order valence-electron chi connectivity index (χ3n) is 3.25. The van der Waals surface area contributed by atoms with Gasteiger partial charge >= 0.3 is 0 Å². The Hall–Kier alpha value is -1.96. The predicted molar refractivity (Wildman–Crippen MR) is 73.6 cm³/mol. The minimum Gasteiger partial charge on any atom is -0.507 e. The third kappa shape index (κ3) is 2.33. The monoisotopic (exact) mass is 242 g/mol. The number of aromatic hydroxyl groups is 1. The van der Waals surface area contributed by atoms with Crippen molar-refractivity contribution in [2.75, 3.05) is 0 Å². The summed E-state index contributed by atoms with van der Waals surface area (Å²) in [6, 6.07) is 9.71. The Balaban J connectivity index is 2.37. The van der Waals surface area contributed by atoms with Gasteiger partial charge in [0.2, 0.25) is 0 Å². The van der Waals surface area contributed by atoms with Crippen LogP contribution >= 0.6 is 0 Å². The van der Waals surface area contributed by atoms with Gasteiger partial charge in [0.25, 0.3) is 0 Å². The largest absolute Gasteiger partial charge is 0.507 e. The van der Waals surface area contributed by atoms with Crippen LogP contribution in [0.3, 0.4) is 0 Å². The molecule has 2 heteroatoms.